The lowest BCUT2D eigenvalue weighted by Gasteiger charge is -2.32. The number of nitrogens with one attached hydrogen (secondary N) is 1. The molecule has 2 heterocycles. The normalized spacial score (nSPS) is 13.9. The van der Waals surface area contributed by atoms with Gasteiger partial charge >= 0.3 is 0 Å². The van der Waals surface area contributed by atoms with Crippen LogP contribution in [0.15, 0.2) is 30.3 Å². The minimum absolute atomic E-state index is 0.216. The fraction of sp³-hybridized carbons (Fsp3) is 0.400. The van der Waals surface area contributed by atoms with Gasteiger partial charge in [0.2, 0.25) is 12.4 Å². The Bertz CT molecular complexity index is 817. The zero-order valence-corrected chi connectivity index (χ0v) is 16.2. The van der Waals surface area contributed by atoms with Gasteiger partial charge in [0.1, 0.15) is 11.4 Å². The molecule has 0 spiro atoms. The third-order valence-electron chi connectivity index (χ3n) is 4.68. The highest BCUT2D eigenvalue weighted by Crippen LogP contribution is 2.13. The lowest BCUT2D eigenvalue weighted by Crippen LogP contribution is -2.46. The largest absolute Gasteiger partial charge is 0.497 e. The van der Waals surface area contributed by atoms with Gasteiger partial charge in [-0.25, -0.2) is 9.97 Å². The highest BCUT2D eigenvalue weighted by molar-refractivity contribution is 5.92. The standard InChI is InChI=1S/C20H25N5O3/c1-15-13-18(23-20(22-15)25-11-9-24(14-26)10-12-25)19(27)21-8-7-16-3-5-17(28-2)6-4-16/h3-6,13-14H,7-12H2,1-2H3,(H,21,27). The van der Waals surface area contributed by atoms with Gasteiger partial charge in [-0.2, -0.15) is 0 Å². The van der Waals surface area contributed by atoms with Crippen LogP contribution in [0.2, 0.25) is 0 Å². The lowest BCUT2D eigenvalue weighted by atomic mass is 10.1. The molecule has 1 aliphatic heterocycles. The van der Waals surface area contributed by atoms with Gasteiger partial charge in [-0.05, 0) is 37.1 Å². The van der Waals surface area contributed by atoms with Gasteiger partial charge in [0.15, 0.2) is 0 Å². The predicted molar refractivity (Wildman–Crippen MR) is 106 cm³/mol. The van der Waals surface area contributed by atoms with Crippen LogP contribution in [0.4, 0.5) is 5.95 Å². The van der Waals surface area contributed by atoms with E-state index in [1.165, 1.54) is 0 Å². The number of aryl methyl sites for hydroxylation is 1. The maximum absolute atomic E-state index is 12.5. The number of carbonyl (C=O) groups excluding carboxylic acids is 2. The van der Waals surface area contributed by atoms with Crippen molar-refractivity contribution in [1.82, 2.24) is 20.2 Å². The molecule has 2 amide bonds. The van der Waals surface area contributed by atoms with E-state index in [1.54, 1.807) is 18.1 Å². The SMILES string of the molecule is COc1ccc(CCNC(=O)c2cc(C)nc(N3CCN(C=O)CC3)n2)cc1. The fourth-order valence-electron chi connectivity index (χ4n) is 3.04. The first kappa shape index (κ1) is 19.6. The van der Waals surface area contributed by atoms with Gasteiger partial charge in [0.05, 0.1) is 7.11 Å². The molecule has 3 rings (SSSR count). The molecule has 8 nitrogen and oxygen atoms in total. The summed E-state index contributed by atoms with van der Waals surface area (Å²) in [5, 5.41) is 2.92. The van der Waals surface area contributed by atoms with Crippen LogP contribution >= 0.6 is 0 Å². The number of methoxy groups -OCH3 is 1. The van der Waals surface area contributed by atoms with Crippen LogP contribution in [-0.4, -0.2) is 67.0 Å². The quantitative estimate of drug-likeness (QED) is 0.719. The summed E-state index contributed by atoms with van der Waals surface area (Å²) in [5.74, 6) is 1.13. The lowest BCUT2D eigenvalue weighted by molar-refractivity contribution is -0.118. The monoisotopic (exact) mass is 383 g/mol. The van der Waals surface area contributed by atoms with Gasteiger partial charge < -0.3 is 19.9 Å². The van der Waals surface area contributed by atoms with Gasteiger partial charge in [0, 0.05) is 38.4 Å². The molecule has 28 heavy (non-hydrogen) atoms. The number of piperazine rings is 1. The number of anilines is 1. The van der Waals surface area contributed by atoms with Crippen molar-refractivity contribution >= 4 is 18.3 Å². The number of hydrogen-bond acceptors (Lipinski definition) is 6. The number of carbonyl (C=O) groups is 2. The van der Waals surface area contributed by atoms with Crippen LogP contribution in [0, 0.1) is 6.92 Å². The summed E-state index contributed by atoms with van der Waals surface area (Å²) in [6, 6.07) is 9.46. The number of hydrogen-bond donors (Lipinski definition) is 1. The second kappa shape index (κ2) is 9.16. The Morgan fingerprint density at radius 3 is 2.54 bits per heavy atom. The molecule has 0 bridgehead atoms. The van der Waals surface area contributed by atoms with Crippen LogP contribution in [-0.2, 0) is 11.2 Å². The van der Waals surface area contributed by atoms with Crippen molar-refractivity contribution in [3.63, 3.8) is 0 Å². The number of benzene rings is 1. The van der Waals surface area contributed by atoms with Gasteiger partial charge in [0.25, 0.3) is 5.91 Å². The minimum atomic E-state index is -0.216. The Morgan fingerprint density at radius 1 is 1.18 bits per heavy atom. The van der Waals surface area contributed by atoms with Crippen molar-refractivity contribution in [1.29, 1.82) is 0 Å². The molecular weight excluding hydrogens is 358 g/mol. The average Bonchev–Trinajstić information content (AvgIpc) is 2.73. The second-order valence-electron chi connectivity index (χ2n) is 6.68. The summed E-state index contributed by atoms with van der Waals surface area (Å²) in [5.41, 5.74) is 2.21. The van der Waals surface area contributed by atoms with Crippen molar-refractivity contribution in [2.24, 2.45) is 0 Å². The molecule has 1 aromatic carbocycles. The van der Waals surface area contributed by atoms with Crippen molar-refractivity contribution in [3.8, 4) is 5.75 Å². The fourth-order valence-corrected chi connectivity index (χ4v) is 3.04. The molecule has 0 aliphatic carbocycles. The average molecular weight is 383 g/mol. The maximum atomic E-state index is 12.5. The van der Waals surface area contributed by atoms with Crippen LogP contribution < -0.4 is 15.0 Å². The summed E-state index contributed by atoms with van der Waals surface area (Å²) in [7, 11) is 1.63. The molecule has 0 atom stereocenters. The van der Waals surface area contributed by atoms with Crippen molar-refractivity contribution in [3.05, 3.63) is 47.3 Å². The predicted octanol–water partition coefficient (Wildman–Crippen LogP) is 1.04. The summed E-state index contributed by atoms with van der Waals surface area (Å²) in [4.78, 5) is 36.0. The van der Waals surface area contributed by atoms with Crippen molar-refractivity contribution in [2.45, 2.75) is 13.3 Å². The van der Waals surface area contributed by atoms with E-state index in [0.717, 1.165) is 29.8 Å². The van der Waals surface area contributed by atoms with Crippen LogP contribution in [0.25, 0.3) is 0 Å². The zero-order chi connectivity index (χ0) is 19.9. The number of aromatic nitrogens is 2. The van der Waals surface area contributed by atoms with E-state index in [-0.39, 0.29) is 5.91 Å². The maximum Gasteiger partial charge on any atom is 0.270 e. The van der Waals surface area contributed by atoms with Gasteiger partial charge in [-0.1, -0.05) is 12.1 Å². The first-order valence-electron chi connectivity index (χ1n) is 9.30. The van der Waals surface area contributed by atoms with E-state index in [1.807, 2.05) is 36.1 Å². The molecule has 0 saturated carbocycles. The molecule has 1 aromatic heterocycles. The number of amides is 2. The molecule has 1 aliphatic rings. The third-order valence-corrected chi connectivity index (χ3v) is 4.68. The Balaban J connectivity index is 1.58. The molecule has 0 radical (unpaired) electrons. The Hall–Kier alpha value is -3.16. The third kappa shape index (κ3) is 4.97. The number of ether oxygens (including phenoxy) is 1. The van der Waals surface area contributed by atoms with Crippen LogP contribution in [0.1, 0.15) is 21.7 Å². The summed E-state index contributed by atoms with van der Waals surface area (Å²) in [6.07, 6.45) is 1.58. The topological polar surface area (TPSA) is 87.7 Å². The van der Waals surface area contributed by atoms with Gasteiger partial charge in [-0.3, -0.25) is 9.59 Å². The number of rotatable bonds is 7. The summed E-state index contributed by atoms with van der Waals surface area (Å²) < 4.78 is 5.15. The molecule has 8 heteroatoms. The molecule has 0 unspecified atom stereocenters. The smallest absolute Gasteiger partial charge is 0.270 e. The van der Waals surface area contributed by atoms with Gasteiger partial charge in [-0.15, -0.1) is 0 Å². The van der Waals surface area contributed by atoms with E-state index in [0.29, 0.717) is 44.4 Å². The molecule has 1 N–H and O–H groups in total. The first-order valence-corrected chi connectivity index (χ1v) is 9.30. The van der Waals surface area contributed by atoms with E-state index >= 15 is 0 Å². The van der Waals surface area contributed by atoms with Crippen LogP contribution in [0.3, 0.4) is 0 Å². The van der Waals surface area contributed by atoms with Crippen molar-refractivity contribution < 1.29 is 14.3 Å². The molecule has 148 valence electrons. The second-order valence-corrected chi connectivity index (χ2v) is 6.68. The summed E-state index contributed by atoms with van der Waals surface area (Å²) >= 11 is 0. The zero-order valence-electron chi connectivity index (χ0n) is 16.2. The number of nitrogens with zero attached hydrogens (tertiary/aromatic N) is 4. The molecule has 2 aromatic rings. The van der Waals surface area contributed by atoms with E-state index in [9.17, 15) is 9.59 Å². The summed E-state index contributed by atoms with van der Waals surface area (Å²) in [6.45, 7) is 4.93. The molecule has 1 saturated heterocycles. The Morgan fingerprint density at radius 2 is 1.89 bits per heavy atom. The van der Waals surface area contributed by atoms with Crippen LogP contribution in [0.5, 0.6) is 5.75 Å². The highest BCUT2D eigenvalue weighted by Gasteiger charge is 2.19. The first-order chi connectivity index (χ1) is 13.6. The van der Waals surface area contributed by atoms with Crippen molar-refractivity contribution in [2.75, 3.05) is 44.7 Å². The Kier molecular flexibility index (Phi) is 6.41. The molecule has 1 fully saturated rings. The van der Waals surface area contributed by atoms with E-state index < -0.39 is 0 Å². The van der Waals surface area contributed by atoms with E-state index in [4.69, 9.17) is 4.74 Å². The van der Waals surface area contributed by atoms with E-state index in [2.05, 4.69) is 15.3 Å². The molecular formula is C20H25N5O3. The Labute approximate surface area is 164 Å². The highest BCUT2D eigenvalue weighted by atomic mass is 16.5. The minimum Gasteiger partial charge on any atom is -0.497 e.